The van der Waals surface area contributed by atoms with E-state index in [1.165, 1.54) is 14.0 Å². The Hall–Kier alpha value is -2.74. The summed E-state index contributed by atoms with van der Waals surface area (Å²) in [5.74, 6) is 0.954. The average Bonchev–Trinajstić information content (AvgIpc) is 2.75. The van der Waals surface area contributed by atoms with Gasteiger partial charge in [0.2, 0.25) is 0 Å². The molecule has 0 aliphatic rings. The Labute approximate surface area is 178 Å². The molecule has 0 saturated heterocycles. The predicted octanol–water partition coefficient (Wildman–Crippen LogP) is 3.87. The summed E-state index contributed by atoms with van der Waals surface area (Å²) in [5, 5.41) is 0. The number of methoxy groups -OCH3 is 2. The second-order valence-electron chi connectivity index (χ2n) is 6.83. The van der Waals surface area contributed by atoms with Gasteiger partial charge in [0.05, 0.1) is 25.5 Å². The third kappa shape index (κ3) is 5.89. The van der Waals surface area contributed by atoms with E-state index in [-0.39, 0.29) is 23.5 Å². The lowest BCUT2D eigenvalue weighted by Crippen LogP contribution is -2.38. The van der Waals surface area contributed by atoms with Crippen LogP contribution in [0.1, 0.15) is 43.1 Å². The van der Waals surface area contributed by atoms with E-state index in [2.05, 4.69) is 0 Å². The van der Waals surface area contributed by atoms with E-state index in [0.29, 0.717) is 23.6 Å². The number of nitrogens with zero attached hydrogens (tertiary/aromatic N) is 1. The fourth-order valence-electron chi connectivity index (χ4n) is 2.88. The van der Waals surface area contributed by atoms with Gasteiger partial charge in [0, 0.05) is 18.7 Å². The number of carbonyl (C=O) groups is 1. The predicted molar refractivity (Wildman–Crippen MR) is 116 cm³/mol. The zero-order chi connectivity index (χ0) is 22.3. The number of hydrogen-bond donors (Lipinski definition) is 0. The standard InChI is InChI=1S/C22H29NO6S/c1-6-16(3)23(22(24)20-12-11-18(27-4)14-21(20)28-5)15-17-9-8-10-19(13-17)29-30(25,26)7-2/h8-14,16H,6-7,15H2,1-5H3/t16-/m0/s1. The Kier molecular flexibility index (Phi) is 8.11. The number of rotatable bonds is 10. The fraction of sp³-hybridized carbons (Fsp3) is 0.409. The normalized spacial score (nSPS) is 12.2. The van der Waals surface area contributed by atoms with Crippen molar-refractivity contribution in [2.24, 2.45) is 0 Å². The monoisotopic (exact) mass is 435 g/mol. The summed E-state index contributed by atoms with van der Waals surface area (Å²) in [6.45, 7) is 5.79. The highest BCUT2D eigenvalue weighted by Crippen LogP contribution is 2.28. The Balaban J connectivity index is 2.35. The molecule has 0 fully saturated rings. The van der Waals surface area contributed by atoms with Gasteiger partial charge in [-0.2, -0.15) is 8.42 Å². The van der Waals surface area contributed by atoms with Gasteiger partial charge in [-0.25, -0.2) is 0 Å². The molecule has 8 heteroatoms. The Morgan fingerprint density at radius 3 is 2.37 bits per heavy atom. The molecule has 30 heavy (non-hydrogen) atoms. The molecule has 0 saturated carbocycles. The van der Waals surface area contributed by atoms with Crippen LogP contribution in [0.15, 0.2) is 42.5 Å². The summed E-state index contributed by atoms with van der Waals surface area (Å²) in [5.41, 5.74) is 1.19. The molecule has 2 rings (SSSR count). The van der Waals surface area contributed by atoms with Crippen molar-refractivity contribution in [2.45, 2.75) is 39.8 Å². The first kappa shape index (κ1) is 23.5. The van der Waals surface area contributed by atoms with Crippen LogP contribution in [0, 0.1) is 0 Å². The third-order valence-electron chi connectivity index (χ3n) is 4.85. The van der Waals surface area contributed by atoms with Crippen molar-refractivity contribution in [1.82, 2.24) is 4.90 Å². The molecule has 2 aromatic rings. The fourth-order valence-corrected chi connectivity index (χ4v) is 3.39. The summed E-state index contributed by atoms with van der Waals surface area (Å²) < 4.78 is 39.2. The van der Waals surface area contributed by atoms with E-state index in [0.717, 1.165) is 12.0 Å². The molecule has 0 heterocycles. The summed E-state index contributed by atoms with van der Waals surface area (Å²) >= 11 is 0. The topological polar surface area (TPSA) is 82.1 Å². The minimum Gasteiger partial charge on any atom is -0.497 e. The van der Waals surface area contributed by atoms with Crippen LogP contribution in [0.5, 0.6) is 17.2 Å². The van der Waals surface area contributed by atoms with Crippen molar-refractivity contribution < 1.29 is 26.9 Å². The molecule has 0 N–H and O–H groups in total. The van der Waals surface area contributed by atoms with E-state index in [1.54, 1.807) is 48.4 Å². The van der Waals surface area contributed by atoms with Crippen molar-refractivity contribution in [3.05, 3.63) is 53.6 Å². The first-order valence-corrected chi connectivity index (χ1v) is 11.4. The molecule has 2 aromatic carbocycles. The van der Waals surface area contributed by atoms with Crippen molar-refractivity contribution in [1.29, 1.82) is 0 Å². The van der Waals surface area contributed by atoms with Crippen LogP contribution >= 0.6 is 0 Å². The van der Waals surface area contributed by atoms with Crippen LogP contribution in [0.2, 0.25) is 0 Å². The first-order valence-electron chi connectivity index (χ1n) is 9.78. The Morgan fingerprint density at radius 1 is 1.03 bits per heavy atom. The largest absolute Gasteiger partial charge is 0.497 e. The summed E-state index contributed by atoms with van der Waals surface area (Å²) in [6, 6.07) is 11.8. The van der Waals surface area contributed by atoms with Crippen molar-refractivity contribution in [3.8, 4) is 17.2 Å². The lowest BCUT2D eigenvalue weighted by atomic mass is 10.1. The number of amides is 1. The smallest absolute Gasteiger partial charge is 0.308 e. The maximum atomic E-state index is 13.4. The number of carbonyl (C=O) groups excluding carboxylic acids is 1. The molecule has 0 spiro atoms. The van der Waals surface area contributed by atoms with Gasteiger partial charge >= 0.3 is 10.1 Å². The number of hydrogen-bond acceptors (Lipinski definition) is 6. The molecule has 0 unspecified atom stereocenters. The molecule has 0 aliphatic heterocycles. The van der Waals surface area contributed by atoms with Crippen LogP contribution in [0.3, 0.4) is 0 Å². The minimum atomic E-state index is -3.62. The molecule has 0 aromatic heterocycles. The third-order valence-corrected chi connectivity index (χ3v) is 6.00. The Bertz CT molecular complexity index is 973. The SMILES string of the molecule is CC[C@H](C)N(Cc1cccc(OS(=O)(=O)CC)c1)C(=O)c1ccc(OC)cc1OC. The molecule has 0 radical (unpaired) electrons. The van der Waals surface area contributed by atoms with Crippen LogP contribution in [0.4, 0.5) is 0 Å². The van der Waals surface area contributed by atoms with Gasteiger partial charge in [-0.05, 0) is 50.1 Å². The second kappa shape index (κ2) is 10.3. The molecule has 1 atom stereocenters. The molecular formula is C22H29NO6S. The Morgan fingerprint density at radius 2 is 1.77 bits per heavy atom. The van der Waals surface area contributed by atoms with Crippen molar-refractivity contribution >= 4 is 16.0 Å². The quantitative estimate of drug-likeness (QED) is 0.527. The summed E-state index contributed by atoms with van der Waals surface area (Å²) in [7, 11) is -0.563. The van der Waals surface area contributed by atoms with E-state index in [4.69, 9.17) is 13.7 Å². The van der Waals surface area contributed by atoms with Gasteiger partial charge in [-0.1, -0.05) is 19.1 Å². The second-order valence-corrected chi connectivity index (χ2v) is 8.69. The van der Waals surface area contributed by atoms with E-state index in [1.807, 2.05) is 19.9 Å². The van der Waals surface area contributed by atoms with Crippen LogP contribution in [0.25, 0.3) is 0 Å². The summed E-state index contributed by atoms with van der Waals surface area (Å²) in [4.78, 5) is 15.1. The van der Waals surface area contributed by atoms with Gasteiger partial charge in [0.15, 0.2) is 0 Å². The van der Waals surface area contributed by atoms with Crippen LogP contribution < -0.4 is 13.7 Å². The first-order chi connectivity index (χ1) is 14.2. The molecule has 164 valence electrons. The number of ether oxygens (including phenoxy) is 2. The van der Waals surface area contributed by atoms with Gasteiger partial charge < -0.3 is 18.6 Å². The zero-order valence-corrected chi connectivity index (χ0v) is 18.9. The molecular weight excluding hydrogens is 406 g/mol. The van der Waals surface area contributed by atoms with Crippen LogP contribution in [-0.2, 0) is 16.7 Å². The average molecular weight is 436 g/mol. The highest BCUT2D eigenvalue weighted by molar-refractivity contribution is 7.87. The minimum absolute atomic E-state index is 0.0479. The highest BCUT2D eigenvalue weighted by Gasteiger charge is 2.24. The lowest BCUT2D eigenvalue weighted by Gasteiger charge is -2.29. The van der Waals surface area contributed by atoms with E-state index < -0.39 is 10.1 Å². The van der Waals surface area contributed by atoms with Gasteiger partial charge in [-0.15, -0.1) is 0 Å². The van der Waals surface area contributed by atoms with E-state index in [9.17, 15) is 13.2 Å². The molecule has 0 aliphatic carbocycles. The maximum absolute atomic E-state index is 13.4. The van der Waals surface area contributed by atoms with Gasteiger partial charge in [0.1, 0.15) is 17.2 Å². The van der Waals surface area contributed by atoms with Crippen molar-refractivity contribution in [2.75, 3.05) is 20.0 Å². The number of benzene rings is 2. The highest BCUT2D eigenvalue weighted by atomic mass is 32.2. The molecule has 0 bridgehead atoms. The molecule has 7 nitrogen and oxygen atoms in total. The summed E-state index contributed by atoms with van der Waals surface area (Å²) in [6.07, 6.45) is 0.755. The van der Waals surface area contributed by atoms with Crippen molar-refractivity contribution in [3.63, 3.8) is 0 Å². The maximum Gasteiger partial charge on any atom is 0.308 e. The lowest BCUT2D eigenvalue weighted by molar-refractivity contribution is 0.0668. The van der Waals surface area contributed by atoms with Gasteiger partial charge in [-0.3, -0.25) is 4.79 Å². The zero-order valence-electron chi connectivity index (χ0n) is 18.0. The van der Waals surface area contributed by atoms with Gasteiger partial charge in [0.25, 0.3) is 5.91 Å². The van der Waals surface area contributed by atoms with E-state index >= 15 is 0 Å². The molecule has 1 amide bonds. The van der Waals surface area contributed by atoms with Crippen LogP contribution in [-0.4, -0.2) is 45.2 Å².